The van der Waals surface area contributed by atoms with Crippen molar-refractivity contribution in [1.29, 1.82) is 0 Å². The molecule has 0 aliphatic carbocycles. The van der Waals surface area contributed by atoms with Gasteiger partial charge in [-0.3, -0.25) is 4.68 Å². The van der Waals surface area contributed by atoms with Crippen molar-refractivity contribution in [3.05, 3.63) is 42.2 Å². The Kier molecular flexibility index (Phi) is 4.13. The van der Waals surface area contributed by atoms with Gasteiger partial charge < -0.3 is 10.2 Å². The van der Waals surface area contributed by atoms with Crippen LogP contribution in [0.1, 0.15) is 38.4 Å². The van der Waals surface area contributed by atoms with Crippen molar-refractivity contribution in [2.75, 3.05) is 23.3 Å². The smallest absolute Gasteiger partial charge is 0.0815 e. The molecule has 1 aliphatic heterocycles. The molecule has 0 radical (unpaired) electrons. The molecule has 0 amide bonds. The van der Waals surface area contributed by atoms with Gasteiger partial charge in [0.1, 0.15) is 0 Å². The molecule has 4 heteroatoms. The first-order valence-corrected chi connectivity index (χ1v) is 7.85. The third-order valence-corrected chi connectivity index (χ3v) is 4.00. The van der Waals surface area contributed by atoms with E-state index in [4.69, 9.17) is 0 Å². The van der Waals surface area contributed by atoms with Crippen LogP contribution in [0.4, 0.5) is 11.4 Å². The SMILES string of the molecule is CC(C)n1ccc(CNc2ccc(N3CCCC3)cc2)n1. The summed E-state index contributed by atoms with van der Waals surface area (Å²) in [5, 5.41) is 7.99. The van der Waals surface area contributed by atoms with Gasteiger partial charge in [0.05, 0.1) is 12.2 Å². The molecule has 112 valence electrons. The zero-order chi connectivity index (χ0) is 14.7. The second-order valence-corrected chi connectivity index (χ2v) is 5.98. The van der Waals surface area contributed by atoms with Gasteiger partial charge in [0, 0.05) is 36.7 Å². The first kappa shape index (κ1) is 14.0. The summed E-state index contributed by atoms with van der Waals surface area (Å²) >= 11 is 0. The van der Waals surface area contributed by atoms with Crippen LogP contribution in [0.5, 0.6) is 0 Å². The lowest BCUT2D eigenvalue weighted by atomic mass is 10.2. The predicted octanol–water partition coefficient (Wildman–Crippen LogP) is 3.68. The minimum Gasteiger partial charge on any atom is -0.379 e. The van der Waals surface area contributed by atoms with E-state index in [1.165, 1.54) is 31.6 Å². The van der Waals surface area contributed by atoms with Gasteiger partial charge in [-0.25, -0.2) is 0 Å². The largest absolute Gasteiger partial charge is 0.379 e. The van der Waals surface area contributed by atoms with E-state index >= 15 is 0 Å². The maximum absolute atomic E-state index is 4.55. The molecule has 0 spiro atoms. The summed E-state index contributed by atoms with van der Waals surface area (Å²) < 4.78 is 1.99. The molecule has 0 saturated carbocycles. The maximum atomic E-state index is 4.55. The van der Waals surface area contributed by atoms with Gasteiger partial charge in [0.25, 0.3) is 0 Å². The van der Waals surface area contributed by atoms with Crippen LogP contribution in [0.2, 0.25) is 0 Å². The van der Waals surface area contributed by atoms with Crippen molar-refractivity contribution in [2.45, 2.75) is 39.3 Å². The van der Waals surface area contributed by atoms with Crippen molar-refractivity contribution >= 4 is 11.4 Å². The molecule has 1 N–H and O–H groups in total. The molecule has 0 atom stereocenters. The Morgan fingerprint density at radius 2 is 1.81 bits per heavy atom. The van der Waals surface area contributed by atoms with Crippen molar-refractivity contribution in [2.24, 2.45) is 0 Å². The lowest BCUT2D eigenvalue weighted by Gasteiger charge is -2.17. The van der Waals surface area contributed by atoms with Crippen LogP contribution in [0, 0.1) is 0 Å². The number of nitrogens with one attached hydrogen (secondary N) is 1. The zero-order valence-corrected chi connectivity index (χ0v) is 12.9. The van der Waals surface area contributed by atoms with Crippen LogP contribution in [-0.4, -0.2) is 22.9 Å². The van der Waals surface area contributed by atoms with E-state index in [9.17, 15) is 0 Å². The predicted molar refractivity (Wildman–Crippen MR) is 87.8 cm³/mol. The molecule has 0 bridgehead atoms. The lowest BCUT2D eigenvalue weighted by Crippen LogP contribution is -2.17. The average molecular weight is 284 g/mol. The number of benzene rings is 1. The molecule has 21 heavy (non-hydrogen) atoms. The Balaban J connectivity index is 1.57. The first-order valence-electron chi connectivity index (χ1n) is 7.85. The van der Waals surface area contributed by atoms with Crippen LogP contribution in [0.25, 0.3) is 0 Å². The van der Waals surface area contributed by atoms with Crippen LogP contribution < -0.4 is 10.2 Å². The number of hydrogen-bond donors (Lipinski definition) is 1. The van der Waals surface area contributed by atoms with E-state index in [2.05, 4.69) is 59.5 Å². The quantitative estimate of drug-likeness (QED) is 0.909. The van der Waals surface area contributed by atoms with Crippen molar-refractivity contribution < 1.29 is 0 Å². The van der Waals surface area contributed by atoms with Gasteiger partial charge in [0.2, 0.25) is 0 Å². The van der Waals surface area contributed by atoms with Crippen molar-refractivity contribution in [3.63, 3.8) is 0 Å². The highest BCUT2D eigenvalue weighted by atomic mass is 15.3. The monoisotopic (exact) mass is 284 g/mol. The van der Waals surface area contributed by atoms with E-state index in [1.807, 2.05) is 10.9 Å². The number of nitrogens with zero attached hydrogens (tertiary/aromatic N) is 3. The molecule has 2 heterocycles. The van der Waals surface area contributed by atoms with E-state index < -0.39 is 0 Å². The van der Waals surface area contributed by atoms with Crippen LogP contribution >= 0.6 is 0 Å². The Morgan fingerprint density at radius 1 is 1.10 bits per heavy atom. The summed E-state index contributed by atoms with van der Waals surface area (Å²) in [7, 11) is 0. The summed E-state index contributed by atoms with van der Waals surface area (Å²) in [6.45, 7) is 7.43. The number of aromatic nitrogens is 2. The number of anilines is 2. The first-order chi connectivity index (χ1) is 10.2. The molecule has 3 rings (SSSR count). The van der Waals surface area contributed by atoms with E-state index in [1.54, 1.807) is 0 Å². The van der Waals surface area contributed by atoms with E-state index in [0.29, 0.717) is 6.04 Å². The number of hydrogen-bond acceptors (Lipinski definition) is 3. The third-order valence-electron chi connectivity index (χ3n) is 4.00. The van der Waals surface area contributed by atoms with Gasteiger partial charge in [-0.05, 0) is 57.0 Å². The minimum absolute atomic E-state index is 0.415. The van der Waals surface area contributed by atoms with Crippen molar-refractivity contribution in [1.82, 2.24) is 9.78 Å². The Bertz CT molecular complexity index is 565. The summed E-state index contributed by atoms with van der Waals surface area (Å²) in [6, 6.07) is 11.2. The molecule has 1 fully saturated rings. The highest BCUT2D eigenvalue weighted by molar-refractivity contribution is 5.55. The molecular weight excluding hydrogens is 260 g/mol. The maximum Gasteiger partial charge on any atom is 0.0815 e. The molecule has 1 aromatic heterocycles. The van der Waals surface area contributed by atoms with Crippen molar-refractivity contribution in [3.8, 4) is 0 Å². The summed E-state index contributed by atoms with van der Waals surface area (Å²) in [5.74, 6) is 0. The normalized spacial score (nSPS) is 14.9. The minimum atomic E-state index is 0.415. The Labute approximate surface area is 126 Å². The fraction of sp³-hybridized carbons (Fsp3) is 0.471. The molecular formula is C17H24N4. The summed E-state index contributed by atoms with van der Waals surface area (Å²) in [4.78, 5) is 2.45. The summed E-state index contributed by atoms with van der Waals surface area (Å²) in [6.07, 6.45) is 4.68. The fourth-order valence-corrected chi connectivity index (χ4v) is 2.72. The van der Waals surface area contributed by atoms with Crippen LogP contribution in [-0.2, 0) is 6.54 Å². The van der Waals surface area contributed by atoms with Gasteiger partial charge in [0.15, 0.2) is 0 Å². The highest BCUT2D eigenvalue weighted by Gasteiger charge is 2.11. The second-order valence-electron chi connectivity index (χ2n) is 5.98. The van der Waals surface area contributed by atoms with Gasteiger partial charge in [-0.2, -0.15) is 5.10 Å². The highest BCUT2D eigenvalue weighted by Crippen LogP contribution is 2.22. The average Bonchev–Trinajstić information content (AvgIpc) is 3.17. The number of rotatable bonds is 5. The van der Waals surface area contributed by atoms with E-state index in [0.717, 1.165) is 17.9 Å². The molecule has 0 unspecified atom stereocenters. The van der Waals surface area contributed by atoms with Gasteiger partial charge in [-0.15, -0.1) is 0 Å². The fourth-order valence-electron chi connectivity index (χ4n) is 2.72. The summed E-state index contributed by atoms with van der Waals surface area (Å²) in [5.41, 5.74) is 3.56. The van der Waals surface area contributed by atoms with Crippen LogP contribution in [0.15, 0.2) is 36.5 Å². The molecule has 4 nitrogen and oxygen atoms in total. The lowest BCUT2D eigenvalue weighted by molar-refractivity contribution is 0.527. The van der Waals surface area contributed by atoms with Gasteiger partial charge in [-0.1, -0.05) is 0 Å². The Morgan fingerprint density at radius 3 is 2.43 bits per heavy atom. The van der Waals surface area contributed by atoms with Gasteiger partial charge >= 0.3 is 0 Å². The second kappa shape index (κ2) is 6.20. The molecule has 1 aliphatic rings. The zero-order valence-electron chi connectivity index (χ0n) is 12.9. The third kappa shape index (κ3) is 3.38. The van der Waals surface area contributed by atoms with E-state index in [-0.39, 0.29) is 0 Å². The van der Waals surface area contributed by atoms with Crippen LogP contribution in [0.3, 0.4) is 0 Å². The molecule has 1 aromatic carbocycles. The standard InChI is InChI=1S/C17H24N4/c1-14(2)21-12-9-16(19-21)13-18-15-5-7-17(8-6-15)20-10-3-4-11-20/h5-9,12,14,18H,3-4,10-11,13H2,1-2H3. The Hall–Kier alpha value is -1.97. The molecule has 2 aromatic rings. The molecule has 1 saturated heterocycles. The topological polar surface area (TPSA) is 33.1 Å².